The number of hydrogen-bond acceptors (Lipinski definition) is 5. The molecule has 2 aromatic rings. The number of benzene rings is 2. The van der Waals surface area contributed by atoms with Crippen LogP contribution in [0.2, 0.25) is 0 Å². The average molecular weight is 419 g/mol. The SMILES string of the molecule is CC(=O)c1ccc(N2CCN(C(=O)c3ccc(NS(C)(=O)=O)cc3)CC2)c(F)c1. The fraction of sp³-hybridized carbons (Fsp3) is 0.300. The van der Waals surface area contributed by atoms with Gasteiger partial charge in [-0.1, -0.05) is 0 Å². The minimum absolute atomic E-state index is 0.164. The molecule has 7 nitrogen and oxygen atoms in total. The van der Waals surface area contributed by atoms with E-state index in [0.29, 0.717) is 48.7 Å². The quantitative estimate of drug-likeness (QED) is 0.752. The van der Waals surface area contributed by atoms with E-state index in [1.165, 1.54) is 25.1 Å². The highest BCUT2D eigenvalue weighted by Crippen LogP contribution is 2.23. The molecule has 9 heteroatoms. The van der Waals surface area contributed by atoms with Crippen LogP contribution in [0.3, 0.4) is 0 Å². The molecule has 0 radical (unpaired) electrons. The summed E-state index contributed by atoms with van der Waals surface area (Å²) in [4.78, 5) is 27.6. The van der Waals surface area contributed by atoms with Gasteiger partial charge in [0.2, 0.25) is 10.0 Å². The van der Waals surface area contributed by atoms with Crippen LogP contribution in [0, 0.1) is 5.82 Å². The van der Waals surface area contributed by atoms with Gasteiger partial charge in [-0.15, -0.1) is 0 Å². The molecule has 1 aliphatic rings. The van der Waals surface area contributed by atoms with Crippen molar-refractivity contribution in [2.24, 2.45) is 0 Å². The molecular weight excluding hydrogens is 397 g/mol. The summed E-state index contributed by atoms with van der Waals surface area (Å²) in [6.07, 6.45) is 1.06. The lowest BCUT2D eigenvalue weighted by Gasteiger charge is -2.36. The third kappa shape index (κ3) is 5.11. The second-order valence-corrected chi connectivity index (χ2v) is 8.70. The normalized spacial score (nSPS) is 14.6. The van der Waals surface area contributed by atoms with Crippen molar-refractivity contribution in [2.45, 2.75) is 6.92 Å². The van der Waals surface area contributed by atoms with Crippen LogP contribution in [0.4, 0.5) is 15.8 Å². The first-order chi connectivity index (χ1) is 13.6. The molecule has 2 aromatic carbocycles. The van der Waals surface area contributed by atoms with Gasteiger partial charge in [0.05, 0.1) is 11.9 Å². The van der Waals surface area contributed by atoms with Gasteiger partial charge in [0, 0.05) is 43.0 Å². The molecule has 0 unspecified atom stereocenters. The van der Waals surface area contributed by atoms with Gasteiger partial charge in [0.15, 0.2) is 5.78 Å². The molecule has 0 atom stereocenters. The highest BCUT2D eigenvalue weighted by atomic mass is 32.2. The lowest BCUT2D eigenvalue weighted by Crippen LogP contribution is -2.49. The maximum absolute atomic E-state index is 14.3. The number of carbonyl (C=O) groups excluding carboxylic acids is 2. The molecule has 1 amide bonds. The monoisotopic (exact) mass is 419 g/mol. The molecule has 0 saturated carbocycles. The maximum Gasteiger partial charge on any atom is 0.253 e. The van der Waals surface area contributed by atoms with Crippen LogP contribution in [0.5, 0.6) is 0 Å². The highest BCUT2D eigenvalue weighted by molar-refractivity contribution is 7.92. The number of hydrogen-bond donors (Lipinski definition) is 1. The number of Topliss-reactive ketones (excluding diaryl/α,β-unsaturated/α-hetero) is 1. The van der Waals surface area contributed by atoms with E-state index in [1.807, 2.05) is 4.90 Å². The second kappa shape index (κ2) is 8.20. The van der Waals surface area contributed by atoms with Gasteiger partial charge >= 0.3 is 0 Å². The number of piperazine rings is 1. The van der Waals surface area contributed by atoms with Crippen molar-refractivity contribution >= 4 is 33.1 Å². The van der Waals surface area contributed by atoms with Crippen LogP contribution >= 0.6 is 0 Å². The Morgan fingerprint density at radius 3 is 2.07 bits per heavy atom. The van der Waals surface area contributed by atoms with Crippen molar-refractivity contribution in [3.05, 3.63) is 59.4 Å². The van der Waals surface area contributed by atoms with Crippen molar-refractivity contribution in [3.63, 3.8) is 0 Å². The Hall–Kier alpha value is -2.94. The fourth-order valence-corrected chi connectivity index (χ4v) is 3.77. The summed E-state index contributed by atoms with van der Waals surface area (Å²) in [5, 5.41) is 0. The van der Waals surface area contributed by atoms with Gasteiger partial charge in [-0.3, -0.25) is 14.3 Å². The summed E-state index contributed by atoms with van der Waals surface area (Å²) < 4.78 is 39.2. The Morgan fingerprint density at radius 1 is 0.966 bits per heavy atom. The van der Waals surface area contributed by atoms with Crippen LogP contribution in [-0.2, 0) is 10.0 Å². The van der Waals surface area contributed by atoms with Crippen LogP contribution in [-0.4, -0.2) is 57.4 Å². The first-order valence-electron chi connectivity index (χ1n) is 9.06. The van der Waals surface area contributed by atoms with E-state index in [2.05, 4.69) is 4.72 Å². The minimum atomic E-state index is -3.37. The fourth-order valence-electron chi connectivity index (χ4n) is 3.21. The zero-order valence-electron chi connectivity index (χ0n) is 16.2. The third-order valence-electron chi connectivity index (χ3n) is 4.70. The first kappa shape index (κ1) is 20.8. The van der Waals surface area contributed by atoms with Crippen molar-refractivity contribution in [1.29, 1.82) is 0 Å². The Morgan fingerprint density at radius 2 is 1.55 bits per heavy atom. The Labute approximate surface area is 169 Å². The van der Waals surface area contributed by atoms with Crippen molar-refractivity contribution < 1.29 is 22.4 Å². The summed E-state index contributed by atoms with van der Waals surface area (Å²) >= 11 is 0. The molecule has 154 valence electrons. The van der Waals surface area contributed by atoms with Crippen LogP contribution < -0.4 is 9.62 Å². The molecular formula is C20H22FN3O4S. The summed E-state index contributed by atoms with van der Waals surface area (Å²) in [7, 11) is -3.37. The predicted octanol–water partition coefficient (Wildman–Crippen LogP) is 2.36. The number of amides is 1. The number of rotatable bonds is 5. The van der Waals surface area contributed by atoms with E-state index in [9.17, 15) is 22.4 Å². The number of sulfonamides is 1. The lowest BCUT2D eigenvalue weighted by atomic mass is 10.1. The molecule has 3 rings (SSSR count). The van der Waals surface area contributed by atoms with Crippen molar-refractivity contribution in [2.75, 3.05) is 42.1 Å². The summed E-state index contributed by atoms with van der Waals surface area (Å²) in [5.74, 6) is -0.807. The summed E-state index contributed by atoms with van der Waals surface area (Å²) in [6.45, 7) is 3.18. The zero-order valence-corrected chi connectivity index (χ0v) is 17.0. The van der Waals surface area contributed by atoms with Gasteiger partial charge in [-0.05, 0) is 49.4 Å². The third-order valence-corrected chi connectivity index (χ3v) is 5.30. The molecule has 1 fully saturated rings. The van der Waals surface area contributed by atoms with Crippen molar-refractivity contribution in [1.82, 2.24) is 4.90 Å². The Balaban J connectivity index is 1.63. The van der Waals surface area contributed by atoms with Crippen LogP contribution in [0.1, 0.15) is 27.6 Å². The van der Waals surface area contributed by atoms with Gasteiger partial charge in [0.1, 0.15) is 5.82 Å². The molecule has 0 aliphatic carbocycles. The Bertz CT molecular complexity index is 1030. The molecule has 0 aromatic heterocycles. The number of nitrogens with zero attached hydrogens (tertiary/aromatic N) is 2. The van der Waals surface area contributed by atoms with Gasteiger partial charge in [-0.2, -0.15) is 0 Å². The standard InChI is InChI=1S/C20H22FN3O4S/c1-14(25)16-5-8-19(18(21)13-16)23-9-11-24(12-10-23)20(26)15-3-6-17(7-4-15)22-29(2,27)28/h3-8,13,22H,9-12H2,1-2H3. The molecule has 29 heavy (non-hydrogen) atoms. The average Bonchev–Trinajstić information content (AvgIpc) is 2.67. The highest BCUT2D eigenvalue weighted by Gasteiger charge is 2.24. The van der Waals surface area contributed by atoms with E-state index in [0.717, 1.165) is 6.26 Å². The summed E-state index contributed by atoms with van der Waals surface area (Å²) in [5.41, 5.74) is 1.58. The van der Waals surface area contributed by atoms with Crippen LogP contribution in [0.15, 0.2) is 42.5 Å². The number of carbonyl (C=O) groups is 2. The van der Waals surface area contributed by atoms with Gasteiger partial charge in [0.25, 0.3) is 5.91 Å². The summed E-state index contributed by atoms with van der Waals surface area (Å²) in [6, 6.07) is 10.7. The van der Waals surface area contributed by atoms with Crippen LogP contribution in [0.25, 0.3) is 0 Å². The first-order valence-corrected chi connectivity index (χ1v) is 11.0. The second-order valence-electron chi connectivity index (χ2n) is 6.95. The van der Waals surface area contributed by atoms with E-state index >= 15 is 0 Å². The molecule has 1 N–H and O–H groups in total. The van der Waals surface area contributed by atoms with E-state index in [1.54, 1.807) is 29.2 Å². The van der Waals surface area contributed by atoms with E-state index < -0.39 is 15.8 Å². The number of nitrogens with one attached hydrogen (secondary N) is 1. The minimum Gasteiger partial charge on any atom is -0.366 e. The molecule has 0 bridgehead atoms. The zero-order chi connectivity index (χ0) is 21.2. The number of halogens is 1. The van der Waals surface area contributed by atoms with E-state index in [-0.39, 0.29) is 11.7 Å². The topological polar surface area (TPSA) is 86.8 Å². The lowest BCUT2D eigenvalue weighted by molar-refractivity contribution is 0.0746. The van der Waals surface area contributed by atoms with Gasteiger partial charge < -0.3 is 9.80 Å². The van der Waals surface area contributed by atoms with E-state index in [4.69, 9.17) is 0 Å². The van der Waals surface area contributed by atoms with Gasteiger partial charge in [-0.25, -0.2) is 12.8 Å². The van der Waals surface area contributed by atoms with Crippen molar-refractivity contribution in [3.8, 4) is 0 Å². The number of ketones is 1. The predicted molar refractivity (Wildman–Crippen MR) is 109 cm³/mol. The Kier molecular flexibility index (Phi) is 5.88. The smallest absolute Gasteiger partial charge is 0.253 e. The largest absolute Gasteiger partial charge is 0.366 e. The maximum atomic E-state index is 14.3. The molecule has 1 heterocycles. The molecule has 1 saturated heterocycles. The number of anilines is 2. The molecule has 0 spiro atoms. The molecule has 1 aliphatic heterocycles.